The zero-order chi connectivity index (χ0) is 9.71. The summed E-state index contributed by atoms with van der Waals surface area (Å²) in [7, 11) is 0. The summed E-state index contributed by atoms with van der Waals surface area (Å²) in [6, 6.07) is 0. The number of hydrogen-bond acceptors (Lipinski definition) is 3. The number of aryl methyl sites for hydroxylation is 1. The normalized spacial score (nSPS) is 19.1. The number of aliphatic imine (C=N–C) groups is 1. The maximum Gasteiger partial charge on any atom is 0.252 e. The number of fused-ring (bicyclic) bond motifs is 3. The lowest BCUT2D eigenvalue weighted by molar-refractivity contribution is -0.117. The lowest BCUT2D eigenvalue weighted by Gasteiger charge is -2.09. The smallest absolute Gasteiger partial charge is 0.252 e. The minimum atomic E-state index is -0.102. The van der Waals surface area contributed by atoms with Gasteiger partial charge in [-0.2, -0.15) is 4.99 Å². The van der Waals surface area contributed by atoms with Crippen LogP contribution in [-0.2, 0) is 24.1 Å². The van der Waals surface area contributed by atoms with Gasteiger partial charge in [0.25, 0.3) is 5.91 Å². The van der Waals surface area contributed by atoms with Gasteiger partial charge in [-0.15, -0.1) is 11.3 Å². The third kappa shape index (κ3) is 0.973. The highest BCUT2D eigenvalue weighted by Gasteiger charge is 2.27. The van der Waals surface area contributed by atoms with Gasteiger partial charge in [0.05, 0.1) is 6.42 Å². The molecule has 2 aliphatic rings. The van der Waals surface area contributed by atoms with Crippen molar-refractivity contribution in [1.82, 2.24) is 0 Å². The number of nitrogens with zero attached hydrogens (tertiary/aromatic N) is 1. The van der Waals surface area contributed by atoms with E-state index >= 15 is 0 Å². The molecule has 0 saturated carbocycles. The Morgan fingerprint density at radius 1 is 1.29 bits per heavy atom. The van der Waals surface area contributed by atoms with Crippen LogP contribution in [0.25, 0.3) is 0 Å². The number of rotatable bonds is 0. The maximum atomic E-state index is 11.2. The lowest BCUT2D eigenvalue weighted by Crippen LogP contribution is -2.23. The van der Waals surface area contributed by atoms with E-state index < -0.39 is 0 Å². The van der Waals surface area contributed by atoms with Gasteiger partial charge in [0.2, 0.25) is 0 Å². The second-order valence-electron chi connectivity index (χ2n) is 3.72. The SMILES string of the molecule is NC1=NC(=O)Cc2sc3c(c21)CCC3. The van der Waals surface area contributed by atoms with Crippen LogP contribution in [0.2, 0.25) is 0 Å². The molecule has 72 valence electrons. The van der Waals surface area contributed by atoms with Crippen molar-refractivity contribution in [3.8, 4) is 0 Å². The van der Waals surface area contributed by atoms with Crippen LogP contribution in [0.4, 0.5) is 0 Å². The lowest BCUT2D eigenvalue weighted by atomic mass is 10.0. The largest absolute Gasteiger partial charge is 0.383 e. The molecule has 1 aliphatic heterocycles. The summed E-state index contributed by atoms with van der Waals surface area (Å²) in [4.78, 5) is 17.6. The molecule has 0 saturated heterocycles. The summed E-state index contributed by atoms with van der Waals surface area (Å²) in [6.45, 7) is 0. The second-order valence-corrected chi connectivity index (χ2v) is 4.91. The zero-order valence-electron chi connectivity index (χ0n) is 7.67. The topological polar surface area (TPSA) is 55.4 Å². The van der Waals surface area contributed by atoms with Crippen molar-refractivity contribution in [2.75, 3.05) is 0 Å². The number of thiophene rings is 1. The second kappa shape index (κ2) is 2.67. The molecule has 0 radical (unpaired) electrons. The third-order valence-corrected chi connectivity index (χ3v) is 4.10. The molecule has 0 spiro atoms. The molecular weight excluding hydrogens is 196 g/mol. The first-order valence-corrected chi connectivity index (χ1v) is 5.58. The van der Waals surface area contributed by atoms with Crippen LogP contribution in [0, 0.1) is 0 Å². The molecule has 14 heavy (non-hydrogen) atoms. The number of amidine groups is 1. The Morgan fingerprint density at radius 3 is 3.00 bits per heavy atom. The van der Waals surface area contributed by atoms with Crippen molar-refractivity contribution in [3.63, 3.8) is 0 Å². The van der Waals surface area contributed by atoms with Crippen molar-refractivity contribution in [1.29, 1.82) is 0 Å². The Morgan fingerprint density at radius 2 is 2.14 bits per heavy atom. The molecule has 1 aliphatic carbocycles. The summed E-state index contributed by atoms with van der Waals surface area (Å²) < 4.78 is 0. The standard InChI is InChI=1S/C10H10N2OS/c11-10-9-5-2-1-3-6(5)14-7(9)4-8(13)12-10/h1-4H2,(H2,11,12,13). The van der Waals surface area contributed by atoms with Crippen molar-refractivity contribution >= 4 is 23.1 Å². The first-order valence-electron chi connectivity index (χ1n) is 4.76. The van der Waals surface area contributed by atoms with Crippen LogP contribution in [0.5, 0.6) is 0 Å². The summed E-state index contributed by atoms with van der Waals surface area (Å²) >= 11 is 1.75. The van der Waals surface area contributed by atoms with Gasteiger partial charge < -0.3 is 5.73 Å². The van der Waals surface area contributed by atoms with E-state index in [0.29, 0.717) is 12.3 Å². The number of hydrogen-bond donors (Lipinski definition) is 1. The summed E-state index contributed by atoms with van der Waals surface area (Å²) in [5, 5.41) is 0. The van der Waals surface area contributed by atoms with Crippen LogP contribution in [0.3, 0.4) is 0 Å². The molecule has 0 aromatic carbocycles. The summed E-state index contributed by atoms with van der Waals surface area (Å²) in [5.41, 5.74) is 8.24. The van der Waals surface area contributed by atoms with Crippen molar-refractivity contribution < 1.29 is 4.79 Å². The number of nitrogens with two attached hydrogens (primary N) is 1. The molecule has 0 fully saturated rings. The summed E-state index contributed by atoms with van der Waals surface area (Å²) in [6.07, 6.45) is 3.92. The molecule has 0 bridgehead atoms. The minimum Gasteiger partial charge on any atom is -0.383 e. The average molecular weight is 206 g/mol. The van der Waals surface area contributed by atoms with Gasteiger partial charge in [-0.05, 0) is 24.8 Å². The first-order chi connectivity index (χ1) is 6.75. The fourth-order valence-electron chi connectivity index (χ4n) is 2.25. The molecule has 1 aromatic rings. The highest BCUT2D eigenvalue weighted by molar-refractivity contribution is 7.12. The summed E-state index contributed by atoms with van der Waals surface area (Å²) in [5.74, 6) is 0.338. The fourth-order valence-corrected chi connectivity index (χ4v) is 3.65. The average Bonchev–Trinajstić information content (AvgIpc) is 2.60. The van der Waals surface area contributed by atoms with Gasteiger partial charge in [0.1, 0.15) is 5.84 Å². The van der Waals surface area contributed by atoms with E-state index in [1.807, 2.05) is 0 Å². The Labute approximate surface area is 85.6 Å². The highest BCUT2D eigenvalue weighted by atomic mass is 32.1. The van der Waals surface area contributed by atoms with E-state index in [-0.39, 0.29) is 5.91 Å². The minimum absolute atomic E-state index is 0.102. The van der Waals surface area contributed by atoms with Crippen LogP contribution in [0.15, 0.2) is 4.99 Å². The third-order valence-electron chi connectivity index (χ3n) is 2.81. The Bertz CT molecular complexity index is 459. The maximum absolute atomic E-state index is 11.2. The number of carbonyl (C=O) groups excluding carboxylic acids is 1. The predicted molar refractivity (Wildman–Crippen MR) is 55.8 cm³/mol. The van der Waals surface area contributed by atoms with Gasteiger partial charge in [0.15, 0.2) is 0 Å². The Balaban J connectivity index is 2.23. The molecule has 0 unspecified atom stereocenters. The van der Waals surface area contributed by atoms with Crippen LogP contribution in [0.1, 0.15) is 27.3 Å². The van der Waals surface area contributed by atoms with Crippen molar-refractivity contribution in [3.05, 3.63) is 20.9 Å². The van der Waals surface area contributed by atoms with Gasteiger partial charge >= 0.3 is 0 Å². The van der Waals surface area contributed by atoms with E-state index in [4.69, 9.17) is 5.73 Å². The van der Waals surface area contributed by atoms with Crippen molar-refractivity contribution in [2.45, 2.75) is 25.7 Å². The predicted octanol–water partition coefficient (Wildman–Crippen LogP) is 1.02. The highest BCUT2D eigenvalue weighted by Crippen LogP contribution is 2.36. The monoisotopic (exact) mass is 206 g/mol. The van der Waals surface area contributed by atoms with Crippen LogP contribution in [-0.4, -0.2) is 11.7 Å². The van der Waals surface area contributed by atoms with Gasteiger partial charge in [-0.1, -0.05) is 0 Å². The molecule has 1 amide bonds. The number of amides is 1. The zero-order valence-corrected chi connectivity index (χ0v) is 8.49. The fraction of sp³-hybridized carbons (Fsp3) is 0.400. The van der Waals surface area contributed by atoms with Crippen molar-refractivity contribution in [2.24, 2.45) is 10.7 Å². The van der Waals surface area contributed by atoms with E-state index in [9.17, 15) is 4.79 Å². The molecule has 2 heterocycles. The van der Waals surface area contributed by atoms with E-state index in [2.05, 4.69) is 4.99 Å². The molecule has 2 N–H and O–H groups in total. The number of carbonyl (C=O) groups is 1. The Hall–Kier alpha value is -1.16. The molecule has 0 atom stereocenters. The molecule has 4 heteroatoms. The molecule has 3 nitrogen and oxygen atoms in total. The van der Waals surface area contributed by atoms with Crippen LogP contribution >= 0.6 is 11.3 Å². The van der Waals surface area contributed by atoms with Crippen LogP contribution < -0.4 is 5.73 Å². The van der Waals surface area contributed by atoms with E-state index in [1.165, 1.54) is 16.9 Å². The van der Waals surface area contributed by atoms with E-state index in [0.717, 1.165) is 23.3 Å². The van der Waals surface area contributed by atoms with Gasteiger partial charge in [-0.25, -0.2) is 0 Å². The molecular formula is C10H10N2OS. The Kier molecular flexibility index (Phi) is 1.56. The molecule has 3 rings (SSSR count). The van der Waals surface area contributed by atoms with E-state index in [1.54, 1.807) is 11.3 Å². The first kappa shape index (κ1) is 8.17. The van der Waals surface area contributed by atoms with Gasteiger partial charge in [0, 0.05) is 15.3 Å². The van der Waals surface area contributed by atoms with Gasteiger partial charge in [-0.3, -0.25) is 4.79 Å². The molecule has 1 aromatic heterocycles. The quantitative estimate of drug-likeness (QED) is 0.689.